The minimum absolute atomic E-state index is 0.0203. The summed E-state index contributed by atoms with van der Waals surface area (Å²) in [6, 6.07) is 64.4. The van der Waals surface area contributed by atoms with E-state index in [9.17, 15) is 0 Å². The highest BCUT2D eigenvalue weighted by atomic mass is 16.5. The van der Waals surface area contributed by atoms with E-state index in [0.717, 1.165) is 79.6 Å². The lowest BCUT2D eigenvalue weighted by Crippen LogP contribution is -2.25. The largest absolute Gasteiger partial charge is 0.485 e. The molecule has 0 aromatic heterocycles. The molecule has 0 spiro atoms. The number of hydrogen-bond acceptors (Lipinski definition) is 4. The van der Waals surface area contributed by atoms with Crippen LogP contribution in [-0.4, -0.2) is 11.8 Å². The van der Waals surface area contributed by atoms with Gasteiger partial charge in [0.15, 0.2) is 0 Å². The monoisotopic (exact) mass is 748 g/mol. The van der Waals surface area contributed by atoms with Crippen molar-refractivity contribution in [3.05, 3.63) is 245 Å². The van der Waals surface area contributed by atoms with Crippen LogP contribution in [0.5, 0.6) is 11.5 Å². The van der Waals surface area contributed by atoms with Gasteiger partial charge in [-0.25, -0.2) is 0 Å². The summed E-state index contributed by atoms with van der Waals surface area (Å²) in [6.07, 6.45) is 7.05. The van der Waals surface area contributed by atoms with Crippen molar-refractivity contribution in [1.82, 2.24) is 5.32 Å². The zero-order valence-corrected chi connectivity index (χ0v) is 31.8. The van der Waals surface area contributed by atoms with Gasteiger partial charge in [-0.05, 0) is 75.7 Å². The number of fused-ring (bicyclic) bond motifs is 6. The molecule has 0 saturated heterocycles. The van der Waals surface area contributed by atoms with Gasteiger partial charge in [-0.3, -0.25) is 4.99 Å². The maximum atomic E-state index is 6.85. The van der Waals surface area contributed by atoms with Crippen molar-refractivity contribution in [3.8, 4) is 33.8 Å². The van der Waals surface area contributed by atoms with E-state index in [2.05, 4.69) is 199 Å². The van der Waals surface area contributed by atoms with Crippen LogP contribution in [0.1, 0.15) is 57.8 Å². The minimum atomic E-state index is -0.266. The fourth-order valence-electron chi connectivity index (χ4n) is 9.07. The molecule has 4 unspecified atom stereocenters. The van der Waals surface area contributed by atoms with E-state index in [1.165, 1.54) is 16.7 Å². The van der Waals surface area contributed by atoms with Crippen LogP contribution in [0.25, 0.3) is 28.0 Å². The van der Waals surface area contributed by atoms with E-state index >= 15 is 0 Å². The summed E-state index contributed by atoms with van der Waals surface area (Å²) >= 11 is 0. The molecule has 0 radical (unpaired) electrons. The van der Waals surface area contributed by atoms with Crippen LogP contribution in [0, 0.1) is 0 Å². The normalized spacial score (nSPS) is 20.1. The van der Waals surface area contributed by atoms with Gasteiger partial charge in [0.25, 0.3) is 0 Å². The zero-order valence-electron chi connectivity index (χ0n) is 31.8. The molecule has 7 aromatic rings. The van der Waals surface area contributed by atoms with Gasteiger partial charge in [0.2, 0.25) is 0 Å². The molecule has 4 nitrogen and oxygen atoms in total. The first kappa shape index (κ1) is 34.1. The third-order valence-corrected chi connectivity index (χ3v) is 12.0. The Labute approximate surface area is 339 Å². The van der Waals surface area contributed by atoms with Gasteiger partial charge >= 0.3 is 0 Å². The van der Waals surface area contributed by atoms with Crippen LogP contribution in [-0.2, 0) is 0 Å². The molecule has 0 fully saturated rings. The predicted molar refractivity (Wildman–Crippen MR) is 234 cm³/mol. The summed E-state index contributed by atoms with van der Waals surface area (Å²) in [5.74, 6) is 3.04. The van der Waals surface area contributed by atoms with Crippen LogP contribution >= 0.6 is 0 Å². The molecule has 1 N–H and O–H groups in total. The maximum Gasteiger partial charge on any atom is 0.146 e. The van der Waals surface area contributed by atoms with E-state index in [1.807, 2.05) is 6.07 Å². The van der Waals surface area contributed by atoms with Crippen molar-refractivity contribution < 1.29 is 9.47 Å². The highest BCUT2D eigenvalue weighted by molar-refractivity contribution is 6.13. The van der Waals surface area contributed by atoms with E-state index in [0.29, 0.717) is 0 Å². The number of nitrogens with zero attached hydrogens (tertiary/aromatic N) is 1. The topological polar surface area (TPSA) is 42.8 Å². The van der Waals surface area contributed by atoms with Gasteiger partial charge in [0.1, 0.15) is 29.5 Å². The third kappa shape index (κ3) is 6.14. The number of allylic oxidation sites excluding steroid dienone is 3. The Morgan fingerprint density at radius 3 is 1.98 bits per heavy atom. The molecular weight excluding hydrogens is 709 g/mol. The average molecular weight is 749 g/mol. The Morgan fingerprint density at radius 2 is 1.19 bits per heavy atom. The van der Waals surface area contributed by atoms with Crippen molar-refractivity contribution in [3.63, 3.8) is 0 Å². The summed E-state index contributed by atoms with van der Waals surface area (Å²) in [7, 11) is 0. The van der Waals surface area contributed by atoms with Crippen LogP contribution in [0.3, 0.4) is 0 Å². The fourth-order valence-corrected chi connectivity index (χ4v) is 9.07. The molecule has 58 heavy (non-hydrogen) atoms. The Bertz CT molecular complexity index is 2780. The quantitative estimate of drug-likeness (QED) is 0.184. The Kier molecular flexibility index (Phi) is 8.47. The highest BCUT2D eigenvalue weighted by Crippen LogP contribution is 2.53. The third-order valence-electron chi connectivity index (χ3n) is 12.0. The molecule has 11 rings (SSSR count). The zero-order chi connectivity index (χ0) is 38.4. The second-order valence-electron chi connectivity index (χ2n) is 15.4. The highest BCUT2D eigenvalue weighted by Gasteiger charge is 2.44. The first-order valence-electron chi connectivity index (χ1n) is 20.1. The SMILES string of the molecule is C1=CC(c2ccccc2)CC2=C1Oc1ccc(-c3ccc(-c4ccccc4C4N=C(c5ccccc5)C=C(c5ccccc5)N4)cc3)cc1C1c3ccccc3OC21. The fraction of sp³-hybridized carbons (Fsp3) is 0.0926. The predicted octanol–water partition coefficient (Wildman–Crippen LogP) is 12.4. The average Bonchev–Trinajstić information content (AvgIpc) is 3.63. The maximum absolute atomic E-state index is 6.85. The molecule has 0 saturated carbocycles. The summed E-state index contributed by atoms with van der Waals surface area (Å²) in [4.78, 5) is 5.29. The number of ether oxygens (including phenoxy) is 2. The van der Waals surface area contributed by atoms with Gasteiger partial charge < -0.3 is 14.8 Å². The molecule has 7 aromatic carbocycles. The number of rotatable bonds is 6. The first-order valence-corrected chi connectivity index (χ1v) is 20.1. The number of nitrogens with one attached hydrogen (secondary N) is 1. The van der Waals surface area contributed by atoms with Crippen LogP contribution in [0.4, 0.5) is 0 Å². The van der Waals surface area contributed by atoms with Gasteiger partial charge in [0, 0.05) is 33.9 Å². The summed E-state index contributed by atoms with van der Waals surface area (Å²) < 4.78 is 13.6. The first-order chi connectivity index (χ1) is 28.7. The second kappa shape index (κ2) is 14.4. The minimum Gasteiger partial charge on any atom is -0.485 e. The van der Waals surface area contributed by atoms with Gasteiger partial charge in [-0.2, -0.15) is 0 Å². The summed E-state index contributed by atoms with van der Waals surface area (Å²) in [6.45, 7) is 0. The van der Waals surface area contributed by atoms with E-state index in [-0.39, 0.29) is 24.1 Å². The Morgan fingerprint density at radius 1 is 0.534 bits per heavy atom. The van der Waals surface area contributed by atoms with E-state index in [1.54, 1.807) is 0 Å². The number of para-hydroxylation sites is 1. The molecule has 0 bridgehead atoms. The van der Waals surface area contributed by atoms with Crippen molar-refractivity contribution in [2.75, 3.05) is 0 Å². The number of hydrogen-bond donors (Lipinski definition) is 1. The Balaban J connectivity index is 0.926. The van der Waals surface area contributed by atoms with Crippen molar-refractivity contribution in [2.45, 2.75) is 30.5 Å². The molecule has 3 heterocycles. The molecule has 4 heteroatoms. The molecule has 278 valence electrons. The van der Waals surface area contributed by atoms with E-state index in [4.69, 9.17) is 14.5 Å². The van der Waals surface area contributed by atoms with Gasteiger partial charge in [0.05, 0.1) is 11.6 Å². The standard InChI is InChI=1S/C54H40N2O2/c1-4-14-35(15-5-1)41-29-31-51-46(33-41)53-52(44-22-12-13-23-49(44)58-53)45-32-40(28-30-50(45)57-51)36-24-26-37(27-25-36)42-20-10-11-21-43(42)54-55-47(38-16-6-2-7-17-38)34-48(56-54)39-18-8-3-9-19-39/h1-32,34,41,52-55H,33H2. The van der Waals surface area contributed by atoms with E-state index < -0.39 is 0 Å². The molecule has 0 amide bonds. The van der Waals surface area contributed by atoms with Crippen LogP contribution < -0.4 is 14.8 Å². The summed E-state index contributed by atoms with van der Waals surface area (Å²) in [5.41, 5.74) is 14.8. The van der Waals surface area contributed by atoms with Crippen LogP contribution in [0.2, 0.25) is 0 Å². The van der Waals surface area contributed by atoms with Crippen molar-refractivity contribution >= 4 is 11.4 Å². The number of aliphatic imine (C=N–C) groups is 1. The lowest BCUT2D eigenvalue weighted by Gasteiger charge is -2.26. The van der Waals surface area contributed by atoms with Gasteiger partial charge in [-0.15, -0.1) is 0 Å². The van der Waals surface area contributed by atoms with Crippen molar-refractivity contribution in [1.29, 1.82) is 0 Å². The number of benzene rings is 7. The molecule has 1 aliphatic carbocycles. The second-order valence-corrected chi connectivity index (χ2v) is 15.4. The lowest BCUT2D eigenvalue weighted by molar-refractivity contribution is 0.246. The molecule has 4 atom stereocenters. The molecule has 4 aliphatic rings. The van der Waals surface area contributed by atoms with Crippen LogP contribution in [0.15, 0.2) is 217 Å². The van der Waals surface area contributed by atoms with Gasteiger partial charge in [-0.1, -0.05) is 170 Å². The summed E-state index contributed by atoms with van der Waals surface area (Å²) in [5, 5.41) is 3.77. The lowest BCUT2D eigenvalue weighted by atomic mass is 9.79. The molecular formula is C54H40N2O2. The Hall–Kier alpha value is -7.17. The molecule has 3 aliphatic heterocycles. The smallest absolute Gasteiger partial charge is 0.146 e. The van der Waals surface area contributed by atoms with Crippen molar-refractivity contribution in [2.24, 2.45) is 4.99 Å².